The highest BCUT2D eigenvalue weighted by Crippen LogP contribution is 2.21. The summed E-state index contributed by atoms with van der Waals surface area (Å²) in [7, 11) is 2.83. The van der Waals surface area contributed by atoms with Crippen molar-refractivity contribution < 1.29 is 27.8 Å². The lowest BCUT2D eigenvalue weighted by Gasteiger charge is -2.16. The summed E-state index contributed by atoms with van der Waals surface area (Å²) in [6.45, 7) is 1.57. The van der Waals surface area contributed by atoms with E-state index < -0.39 is 23.1 Å². The van der Waals surface area contributed by atoms with Crippen molar-refractivity contribution in [2.75, 3.05) is 40.5 Å². The van der Waals surface area contributed by atoms with Gasteiger partial charge in [0.25, 0.3) is 5.91 Å². The highest BCUT2D eigenvalue weighted by Gasteiger charge is 2.30. The lowest BCUT2D eigenvalue weighted by Crippen LogP contribution is -2.33. The van der Waals surface area contributed by atoms with E-state index in [0.717, 1.165) is 12.1 Å². The van der Waals surface area contributed by atoms with Crippen molar-refractivity contribution >= 4 is 11.8 Å². The molecule has 1 aromatic rings. The van der Waals surface area contributed by atoms with Crippen LogP contribution < -0.4 is 10.1 Å². The molecule has 0 saturated carbocycles. The molecule has 1 unspecified atom stereocenters. The van der Waals surface area contributed by atoms with Crippen LogP contribution in [-0.4, -0.2) is 57.2 Å². The molecular formula is C16H20F2N2O4. The zero-order valence-electron chi connectivity index (χ0n) is 13.6. The van der Waals surface area contributed by atoms with Crippen LogP contribution in [0.4, 0.5) is 8.78 Å². The third-order valence-corrected chi connectivity index (χ3v) is 3.89. The van der Waals surface area contributed by atoms with Gasteiger partial charge in [-0.1, -0.05) is 0 Å². The number of halogens is 2. The number of carbonyl (C=O) groups is 2. The van der Waals surface area contributed by atoms with Crippen LogP contribution >= 0.6 is 0 Å². The molecule has 0 bridgehead atoms. The molecular weight excluding hydrogens is 322 g/mol. The van der Waals surface area contributed by atoms with Crippen molar-refractivity contribution in [2.45, 2.75) is 6.42 Å². The van der Waals surface area contributed by atoms with E-state index in [1.165, 1.54) is 7.11 Å². The lowest BCUT2D eigenvalue weighted by atomic mass is 10.1. The van der Waals surface area contributed by atoms with E-state index in [4.69, 9.17) is 9.47 Å². The molecule has 1 fully saturated rings. The minimum atomic E-state index is -0.992. The van der Waals surface area contributed by atoms with Gasteiger partial charge in [0.1, 0.15) is 22.9 Å². The smallest absolute Gasteiger partial charge is 0.257 e. The number of ether oxygens (including phenoxy) is 2. The van der Waals surface area contributed by atoms with E-state index >= 15 is 0 Å². The van der Waals surface area contributed by atoms with Gasteiger partial charge in [-0.15, -0.1) is 0 Å². The van der Waals surface area contributed by atoms with Crippen molar-refractivity contribution in [1.82, 2.24) is 10.2 Å². The molecule has 0 aromatic heterocycles. The van der Waals surface area contributed by atoms with Crippen LogP contribution in [-0.2, 0) is 9.53 Å². The van der Waals surface area contributed by atoms with Gasteiger partial charge in [0.2, 0.25) is 5.91 Å². The Hall–Kier alpha value is -2.22. The highest BCUT2D eigenvalue weighted by atomic mass is 19.1. The van der Waals surface area contributed by atoms with Gasteiger partial charge in [0.05, 0.1) is 13.7 Å². The Morgan fingerprint density at radius 2 is 2.00 bits per heavy atom. The number of hydrogen-bond donors (Lipinski definition) is 1. The van der Waals surface area contributed by atoms with E-state index in [1.807, 2.05) is 0 Å². The molecule has 1 atom stereocenters. The normalized spacial score (nSPS) is 17.2. The molecule has 2 rings (SSSR count). The van der Waals surface area contributed by atoms with E-state index in [0.29, 0.717) is 19.7 Å². The zero-order valence-corrected chi connectivity index (χ0v) is 13.6. The minimum absolute atomic E-state index is 0.00303. The van der Waals surface area contributed by atoms with E-state index in [-0.39, 0.29) is 30.5 Å². The number of nitrogens with one attached hydrogen (secondary N) is 1. The average molecular weight is 342 g/mol. The number of carbonyl (C=O) groups excluding carboxylic acids is 2. The molecule has 1 aliphatic rings. The summed E-state index contributed by atoms with van der Waals surface area (Å²) in [5.41, 5.74) is -0.656. The van der Waals surface area contributed by atoms with Crippen molar-refractivity contribution in [1.29, 1.82) is 0 Å². The van der Waals surface area contributed by atoms with Crippen LogP contribution in [0.1, 0.15) is 16.8 Å². The first-order chi connectivity index (χ1) is 11.5. The third kappa shape index (κ3) is 4.19. The monoisotopic (exact) mass is 342 g/mol. The summed E-state index contributed by atoms with van der Waals surface area (Å²) in [6, 6.07) is 1.90. The van der Waals surface area contributed by atoms with Gasteiger partial charge in [0, 0.05) is 51.2 Å². The minimum Gasteiger partial charge on any atom is -0.497 e. The first-order valence-electron chi connectivity index (χ1n) is 7.54. The molecule has 0 spiro atoms. The van der Waals surface area contributed by atoms with Gasteiger partial charge in [0.15, 0.2) is 0 Å². The van der Waals surface area contributed by atoms with Gasteiger partial charge < -0.3 is 19.7 Å². The first-order valence-corrected chi connectivity index (χ1v) is 7.54. The van der Waals surface area contributed by atoms with Crippen LogP contribution in [0.5, 0.6) is 5.75 Å². The summed E-state index contributed by atoms with van der Waals surface area (Å²) >= 11 is 0. The fraction of sp³-hybridized carbons (Fsp3) is 0.500. The molecule has 1 aromatic carbocycles. The lowest BCUT2D eigenvalue weighted by molar-refractivity contribution is -0.128. The first kappa shape index (κ1) is 18.1. The Bertz CT molecular complexity index is 601. The Kier molecular flexibility index (Phi) is 6.08. The number of amides is 2. The molecule has 6 nitrogen and oxygen atoms in total. The van der Waals surface area contributed by atoms with E-state index in [2.05, 4.69) is 5.32 Å². The van der Waals surface area contributed by atoms with E-state index in [1.54, 1.807) is 12.0 Å². The standard InChI is InChI=1S/C16H20F2N2O4/c1-23-4-3-20-9-10(5-14(20)21)8-19-16(22)15-12(17)6-11(24-2)7-13(15)18/h6-7,10H,3-5,8-9H2,1-2H3,(H,19,22). The fourth-order valence-corrected chi connectivity index (χ4v) is 2.62. The Morgan fingerprint density at radius 3 is 2.58 bits per heavy atom. The number of nitrogens with zero attached hydrogens (tertiary/aromatic N) is 1. The predicted molar refractivity (Wildman–Crippen MR) is 81.8 cm³/mol. The summed E-state index contributed by atoms with van der Waals surface area (Å²) in [5.74, 6) is -2.95. The van der Waals surface area contributed by atoms with Crippen LogP contribution in [0, 0.1) is 17.6 Å². The topological polar surface area (TPSA) is 67.9 Å². The van der Waals surface area contributed by atoms with Crippen LogP contribution in [0.25, 0.3) is 0 Å². The molecule has 1 N–H and O–H groups in total. The third-order valence-electron chi connectivity index (χ3n) is 3.89. The number of benzene rings is 1. The average Bonchev–Trinajstić information content (AvgIpc) is 2.90. The fourth-order valence-electron chi connectivity index (χ4n) is 2.62. The molecule has 2 amide bonds. The van der Waals surface area contributed by atoms with Crippen LogP contribution in [0.15, 0.2) is 12.1 Å². The molecule has 1 saturated heterocycles. The number of methoxy groups -OCH3 is 2. The van der Waals surface area contributed by atoms with Gasteiger partial charge in [-0.3, -0.25) is 9.59 Å². The van der Waals surface area contributed by atoms with Crippen LogP contribution in [0.2, 0.25) is 0 Å². The molecule has 132 valence electrons. The maximum Gasteiger partial charge on any atom is 0.257 e. The molecule has 24 heavy (non-hydrogen) atoms. The number of likely N-dealkylation sites (tertiary alicyclic amines) is 1. The predicted octanol–water partition coefficient (Wildman–Crippen LogP) is 1.20. The SMILES string of the molecule is COCCN1CC(CNC(=O)c2c(F)cc(OC)cc2F)CC1=O. The second-order valence-corrected chi connectivity index (χ2v) is 5.58. The largest absolute Gasteiger partial charge is 0.497 e. The van der Waals surface area contributed by atoms with Gasteiger partial charge >= 0.3 is 0 Å². The zero-order chi connectivity index (χ0) is 17.7. The second kappa shape index (κ2) is 8.05. The Morgan fingerprint density at radius 1 is 1.33 bits per heavy atom. The number of hydrogen-bond acceptors (Lipinski definition) is 4. The highest BCUT2D eigenvalue weighted by molar-refractivity contribution is 5.95. The van der Waals surface area contributed by atoms with Gasteiger partial charge in [-0.2, -0.15) is 0 Å². The van der Waals surface area contributed by atoms with E-state index in [9.17, 15) is 18.4 Å². The molecule has 1 aliphatic heterocycles. The van der Waals surface area contributed by atoms with Crippen molar-refractivity contribution in [3.63, 3.8) is 0 Å². The maximum atomic E-state index is 13.9. The summed E-state index contributed by atoms with van der Waals surface area (Å²) in [4.78, 5) is 25.5. The number of rotatable bonds is 7. The van der Waals surface area contributed by atoms with Crippen molar-refractivity contribution in [2.24, 2.45) is 5.92 Å². The van der Waals surface area contributed by atoms with Gasteiger partial charge in [-0.25, -0.2) is 8.78 Å². The molecule has 8 heteroatoms. The second-order valence-electron chi connectivity index (χ2n) is 5.58. The van der Waals surface area contributed by atoms with Gasteiger partial charge in [-0.05, 0) is 0 Å². The summed E-state index contributed by atoms with van der Waals surface area (Å²) in [5, 5.41) is 2.49. The summed E-state index contributed by atoms with van der Waals surface area (Å²) in [6.07, 6.45) is 0.289. The van der Waals surface area contributed by atoms with Crippen molar-refractivity contribution in [3.8, 4) is 5.75 Å². The van der Waals surface area contributed by atoms with Crippen LogP contribution in [0.3, 0.4) is 0 Å². The van der Waals surface area contributed by atoms with Crippen molar-refractivity contribution in [3.05, 3.63) is 29.3 Å². The maximum absolute atomic E-state index is 13.9. The Labute approximate surface area is 138 Å². The molecule has 1 heterocycles. The molecule has 0 aliphatic carbocycles. The summed E-state index contributed by atoms with van der Waals surface area (Å²) < 4.78 is 37.4. The molecule has 0 radical (unpaired) electrons. The Balaban J connectivity index is 1.93. The quantitative estimate of drug-likeness (QED) is 0.808.